The van der Waals surface area contributed by atoms with Gasteiger partial charge in [0.15, 0.2) is 0 Å². The minimum atomic E-state index is -0.731. The van der Waals surface area contributed by atoms with Crippen molar-refractivity contribution >= 4 is 27.5 Å². The highest BCUT2D eigenvalue weighted by atomic mass is 16.5. The van der Waals surface area contributed by atoms with E-state index in [0.717, 1.165) is 38.2 Å². The number of esters is 1. The average Bonchev–Trinajstić information content (AvgIpc) is 3.06. The molecule has 5 rings (SSSR count). The predicted molar refractivity (Wildman–Crippen MR) is 171 cm³/mol. The second kappa shape index (κ2) is 13.6. The minimum absolute atomic E-state index is 0.0807. The Labute approximate surface area is 252 Å². The quantitative estimate of drug-likeness (QED) is 0.104. The highest BCUT2D eigenvalue weighted by Crippen LogP contribution is 2.44. The number of ether oxygens (including phenoxy) is 3. The molecule has 0 saturated heterocycles. The van der Waals surface area contributed by atoms with E-state index in [1.54, 1.807) is 6.07 Å². The van der Waals surface area contributed by atoms with E-state index in [2.05, 4.69) is 11.8 Å². The van der Waals surface area contributed by atoms with Crippen LogP contribution in [0.15, 0.2) is 97.1 Å². The van der Waals surface area contributed by atoms with Gasteiger partial charge in [0, 0.05) is 16.7 Å². The second-order valence-corrected chi connectivity index (χ2v) is 10.1. The van der Waals surface area contributed by atoms with E-state index < -0.39 is 18.0 Å². The Hall–Kier alpha value is -5.23. The monoisotopic (exact) mass is 568 g/mol. The van der Waals surface area contributed by atoms with Gasteiger partial charge in [-0.2, -0.15) is 0 Å². The number of aliphatic hydroxyl groups is 1. The zero-order valence-electron chi connectivity index (χ0n) is 24.0. The maximum Gasteiger partial charge on any atom is 0.338 e. The molecule has 1 atom stereocenters. The summed E-state index contributed by atoms with van der Waals surface area (Å²) < 4.78 is 17.4. The van der Waals surface area contributed by atoms with Gasteiger partial charge in [-0.3, -0.25) is 0 Å². The first-order valence-electron chi connectivity index (χ1n) is 14.2. The average molecular weight is 569 g/mol. The molecule has 0 radical (unpaired) electrons. The molecule has 0 aromatic heterocycles. The maximum absolute atomic E-state index is 13.5. The third kappa shape index (κ3) is 6.19. The van der Waals surface area contributed by atoms with Gasteiger partial charge in [0.05, 0.1) is 11.7 Å². The van der Waals surface area contributed by atoms with Crippen LogP contribution >= 0.6 is 0 Å². The number of hydrogen-bond donors (Lipinski definition) is 1. The molecule has 5 aromatic rings. The molecular weight excluding hydrogens is 536 g/mol. The normalized spacial score (nSPS) is 11.6. The molecular formula is C38H32O5. The van der Waals surface area contributed by atoms with Gasteiger partial charge in [0.25, 0.3) is 0 Å². The van der Waals surface area contributed by atoms with Gasteiger partial charge in [0.1, 0.15) is 31.3 Å². The topological polar surface area (TPSA) is 65.0 Å². The van der Waals surface area contributed by atoms with Crippen LogP contribution in [-0.2, 0) is 4.74 Å². The molecule has 0 fully saturated rings. The lowest BCUT2D eigenvalue weighted by molar-refractivity contribution is 0.0249. The van der Waals surface area contributed by atoms with E-state index in [4.69, 9.17) is 27.1 Å². The molecule has 0 bridgehead atoms. The van der Waals surface area contributed by atoms with Crippen LogP contribution in [0.4, 0.5) is 0 Å². The number of carbonyl (C=O) groups excluding carboxylic acids is 1. The largest absolute Gasteiger partial charge is 0.480 e. The van der Waals surface area contributed by atoms with Crippen LogP contribution in [0.5, 0.6) is 11.5 Å². The Bertz CT molecular complexity index is 1740. The Balaban J connectivity index is 1.77. The van der Waals surface area contributed by atoms with Gasteiger partial charge < -0.3 is 19.3 Å². The van der Waals surface area contributed by atoms with Crippen molar-refractivity contribution in [3.63, 3.8) is 0 Å². The lowest BCUT2D eigenvalue weighted by atomic mass is 9.79. The molecule has 0 heterocycles. The third-order valence-corrected chi connectivity index (χ3v) is 7.45. The molecule has 214 valence electrons. The van der Waals surface area contributed by atoms with Gasteiger partial charge in [-0.05, 0) is 52.1 Å². The SMILES string of the molecule is C#CCOc1ccc(C(c2ccccc2C(=O)OCC(O)CC)c2ccc(OCC#C)c3ccccc23)c2ccccc12. The van der Waals surface area contributed by atoms with Gasteiger partial charge in [-0.15, -0.1) is 12.8 Å². The van der Waals surface area contributed by atoms with Crippen LogP contribution in [0.2, 0.25) is 0 Å². The zero-order valence-corrected chi connectivity index (χ0v) is 24.0. The van der Waals surface area contributed by atoms with E-state index in [1.807, 2.05) is 97.9 Å². The van der Waals surface area contributed by atoms with Crippen molar-refractivity contribution in [3.05, 3.63) is 119 Å². The lowest BCUT2D eigenvalue weighted by Crippen LogP contribution is -2.19. The van der Waals surface area contributed by atoms with Crippen molar-refractivity contribution in [3.8, 4) is 36.2 Å². The maximum atomic E-state index is 13.5. The molecule has 0 aliphatic rings. The van der Waals surface area contributed by atoms with Crippen molar-refractivity contribution in [2.45, 2.75) is 25.4 Å². The molecule has 0 aliphatic heterocycles. The summed E-state index contributed by atoms with van der Waals surface area (Å²) in [5.74, 6) is 5.55. The molecule has 43 heavy (non-hydrogen) atoms. The van der Waals surface area contributed by atoms with E-state index in [9.17, 15) is 9.90 Å². The van der Waals surface area contributed by atoms with Crippen molar-refractivity contribution < 1.29 is 24.1 Å². The molecule has 1 unspecified atom stereocenters. The first-order chi connectivity index (χ1) is 21.1. The molecule has 1 N–H and O–H groups in total. The fourth-order valence-electron chi connectivity index (χ4n) is 5.39. The van der Waals surface area contributed by atoms with E-state index >= 15 is 0 Å². The predicted octanol–water partition coefficient (Wildman–Crippen LogP) is 7.12. The highest BCUT2D eigenvalue weighted by Gasteiger charge is 2.27. The fraction of sp³-hybridized carbons (Fsp3) is 0.184. The van der Waals surface area contributed by atoms with Crippen molar-refractivity contribution in [1.82, 2.24) is 0 Å². The van der Waals surface area contributed by atoms with Crippen LogP contribution in [0.25, 0.3) is 21.5 Å². The summed E-state index contributed by atoms with van der Waals surface area (Å²) in [7, 11) is 0. The van der Waals surface area contributed by atoms with E-state index in [1.165, 1.54) is 0 Å². The highest BCUT2D eigenvalue weighted by molar-refractivity contribution is 5.97. The van der Waals surface area contributed by atoms with Crippen molar-refractivity contribution in [2.24, 2.45) is 0 Å². The second-order valence-electron chi connectivity index (χ2n) is 10.1. The number of hydrogen-bond acceptors (Lipinski definition) is 5. The van der Waals surface area contributed by atoms with E-state index in [-0.39, 0.29) is 19.8 Å². The van der Waals surface area contributed by atoms with Gasteiger partial charge >= 0.3 is 5.97 Å². The zero-order chi connectivity index (χ0) is 30.2. The number of carbonyl (C=O) groups is 1. The lowest BCUT2D eigenvalue weighted by Gasteiger charge is -2.25. The summed E-state index contributed by atoms with van der Waals surface area (Å²) in [6.45, 7) is 2.05. The van der Waals surface area contributed by atoms with Gasteiger partial charge in [-0.25, -0.2) is 4.79 Å². The summed E-state index contributed by atoms with van der Waals surface area (Å²) in [6.07, 6.45) is 10.7. The van der Waals surface area contributed by atoms with Crippen molar-refractivity contribution in [1.29, 1.82) is 0 Å². The Morgan fingerprint density at radius 3 is 1.70 bits per heavy atom. The molecule has 5 nitrogen and oxygen atoms in total. The molecule has 5 aromatic carbocycles. The third-order valence-electron chi connectivity index (χ3n) is 7.45. The smallest absolute Gasteiger partial charge is 0.338 e. The number of fused-ring (bicyclic) bond motifs is 2. The molecule has 0 saturated carbocycles. The first-order valence-corrected chi connectivity index (χ1v) is 14.2. The minimum Gasteiger partial charge on any atom is -0.480 e. The van der Waals surface area contributed by atoms with Crippen LogP contribution in [0, 0.1) is 24.7 Å². The summed E-state index contributed by atoms with van der Waals surface area (Å²) in [4.78, 5) is 13.5. The summed E-state index contributed by atoms with van der Waals surface area (Å²) in [5.41, 5.74) is 3.13. The Kier molecular flexibility index (Phi) is 9.27. The van der Waals surface area contributed by atoms with Gasteiger partial charge in [0.2, 0.25) is 0 Å². The van der Waals surface area contributed by atoms with Crippen LogP contribution in [0.1, 0.15) is 46.3 Å². The Morgan fingerprint density at radius 1 is 0.698 bits per heavy atom. The summed E-state index contributed by atoms with van der Waals surface area (Å²) >= 11 is 0. The first kappa shape index (κ1) is 29.3. The number of aliphatic hydroxyl groups excluding tert-OH is 1. The molecule has 5 heteroatoms. The number of terminal acetylenes is 2. The fourth-order valence-corrected chi connectivity index (χ4v) is 5.39. The molecule has 0 aliphatic carbocycles. The number of rotatable bonds is 11. The van der Waals surface area contributed by atoms with E-state index in [0.29, 0.717) is 23.5 Å². The van der Waals surface area contributed by atoms with Crippen LogP contribution in [-0.4, -0.2) is 37.0 Å². The molecule has 0 amide bonds. The number of benzene rings is 5. The summed E-state index contributed by atoms with van der Waals surface area (Å²) in [5, 5.41) is 13.8. The van der Waals surface area contributed by atoms with Crippen LogP contribution in [0.3, 0.4) is 0 Å². The summed E-state index contributed by atoms with van der Waals surface area (Å²) in [6, 6.07) is 31.3. The van der Waals surface area contributed by atoms with Crippen molar-refractivity contribution in [2.75, 3.05) is 19.8 Å². The Morgan fingerprint density at radius 2 is 1.19 bits per heavy atom. The van der Waals surface area contributed by atoms with Gasteiger partial charge in [-0.1, -0.05) is 97.6 Å². The standard InChI is InChI=1S/C38H32O5/c1-4-23-41-35-21-19-32(27-13-7-9-15-29(27)35)37(31-17-11-12-18-34(31)38(40)43-25-26(39)6-3)33-20-22-36(42-24-5-2)30-16-10-8-14-28(30)33/h1-2,7-22,26,37,39H,6,23-25H2,3H3. The molecule has 0 spiro atoms. The van der Waals surface area contributed by atoms with Crippen LogP contribution < -0.4 is 9.47 Å².